The van der Waals surface area contributed by atoms with Crippen LogP contribution in [0.4, 0.5) is 5.69 Å². The van der Waals surface area contributed by atoms with Crippen LogP contribution in [0.1, 0.15) is 48.4 Å². The lowest BCUT2D eigenvalue weighted by Gasteiger charge is -2.36. The van der Waals surface area contributed by atoms with Crippen molar-refractivity contribution in [1.29, 1.82) is 0 Å². The first kappa shape index (κ1) is 23.1. The molecule has 174 valence electrons. The molecular formula is C25H35N3O3S. The maximum absolute atomic E-state index is 13.1. The Labute approximate surface area is 192 Å². The van der Waals surface area contributed by atoms with Gasteiger partial charge in [0.1, 0.15) is 5.75 Å². The highest BCUT2D eigenvalue weighted by molar-refractivity contribution is 7.89. The van der Waals surface area contributed by atoms with Gasteiger partial charge < -0.3 is 9.64 Å². The quantitative estimate of drug-likeness (QED) is 0.683. The maximum atomic E-state index is 13.1. The Bertz CT molecular complexity index is 1050. The predicted octanol–water partition coefficient (Wildman–Crippen LogP) is 3.89. The van der Waals surface area contributed by atoms with Gasteiger partial charge >= 0.3 is 0 Å². The van der Waals surface area contributed by atoms with Gasteiger partial charge in [-0.15, -0.1) is 0 Å². The van der Waals surface area contributed by atoms with Crippen LogP contribution in [-0.2, 0) is 16.4 Å². The molecule has 1 atom stereocenters. The molecular weight excluding hydrogens is 422 g/mol. The molecule has 6 nitrogen and oxygen atoms in total. The summed E-state index contributed by atoms with van der Waals surface area (Å²) in [6.45, 7) is 5.32. The molecule has 4 rings (SSSR count). The van der Waals surface area contributed by atoms with E-state index in [1.807, 2.05) is 6.92 Å². The summed E-state index contributed by atoms with van der Waals surface area (Å²) < 4.78 is 34.4. The Balaban J connectivity index is 1.58. The Morgan fingerprint density at radius 2 is 1.81 bits per heavy atom. The summed E-state index contributed by atoms with van der Waals surface area (Å²) in [6.07, 6.45) is 5.81. The van der Waals surface area contributed by atoms with Gasteiger partial charge in [0.15, 0.2) is 0 Å². The highest BCUT2D eigenvalue weighted by Crippen LogP contribution is 2.32. The molecule has 0 unspecified atom stereocenters. The first-order valence-corrected chi connectivity index (χ1v) is 13.1. The van der Waals surface area contributed by atoms with Crippen molar-refractivity contribution in [2.75, 3.05) is 45.2 Å². The summed E-state index contributed by atoms with van der Waals surface area (Å²) in [5.74, 6) is 0.689. The fraction of sp³-hybridized carbons (Fsp3) is 0.520. The summed E-state index contributed by atoms with van der Waals surface area (Å²) in [5.41, 5.74) is 4.68. The number of benzene rings is 2. The number of rotatable bonds is 7. The zero-order valence-corrected chi connectivity index (χ0v) is 20.2. The van der Waals surface area contributed by atoms with Crippen LogP contribution < -0.4 is 14.4 Å². The molecule has 2 heterocycles. The van der Waals surface area contributed by atoms with Crippen molar-refractivity contribution in [2.45, 2.75) is 50.0 Å². The molecule has 1 N–H and O–H groups in total. The minimum atomic E-state index is -3.62. The molecule has 2 aromatic rings. The average Bonchev–Trinajstić information content (AvgIpc) is 2.80. The SMILES string of the molecule is COc1ccc(S(=O)(=O)NC[C@H](c2ccc3c(c2)CCCN3C)N2CCCCC2)cc1C. The van der Waals surface area contributed by atoms with Crippen molar-refractivity contribution in [3.8, 4) is 5.75 Å². The van der Waals surface area contributed by atoms with E-state index in [9.17, 15) is 8.42 Å². The van der Waals surface area contributed by atoms with E-state index in [2.05, 4.69) is 39.8 Å². The second-order valence-electron chi connectivity index (χ2n) is 9.01. The molecule has 0 aromatic heterocycles. The summed E-state index contributed by atoms with van der Waals surface area (Å²) in [7, 11) is 0.119. The Morgan fingerprint density at radius 3 is 2.53 bits per heavy atom. The van der Waals surface area contributed by atoms with Gasteiger partial charge in [0.25, 0.3) is 0 Å². The number of nitrogens with zero attached hydrogens (tertiary/aromatic N) is 2. The molecule has 1 fully saturated rings. The number of hydrogen-bond donors (Lipinski definition) is 1. The lowest BCUT2D eigenvalue weighted by atomic mass is 9.95. The monoisotopic (exact) mass is 457 g/mol. The van der Waals surface area contributed by atoms with Gasteiger partial charge in [-0.1, -0.05) is 18.6 Å². The molecule has 2 aliphatic heterocycles. The number of hydrogen-bond acceptors (Lipinski definition) is 5. The molecule has 0 bridgehead atoms. The Morgan fingerprint density at radius 1 is 1.03 bits per heavy atom. The highest BCUT2D eigenvalue weighted by Gasteiger charge is 2.26. The molecule has 0 saturated carbocycles. The topological polar surface area (TPSA) is 61.9 Å². The van der Waals surface area contributed by atoms with Crippen molar-refractivity contribution >= 4 is 15.7 Å². The van der Waals surface area contributed by atoms with Crippen molar-refractivity contribution in [1.82, 2.24) is 9.62 Å². The third-order valence-corrected chi connectivity index (χ3v) is 8.24. The van der Waals surface area contributed by atoms with Crippen LogP contribution >= 0.6 is 0 Å². The van der Waals surface area contributed by atoms with Crippen LogP contribution in [0, 0.1) is 6.92 Å². The predicted molar refractivity (Wildman–Crippen MR) is 129 cm³/mol. The van der Waals surface area contributed by atoms with E-state index in [0.29, 0.717) is 12.3 Å². The molecule has 32 heavy (non-hydrogen) atoms. The number of ether oxygens (including phenoxy) is 1. The zero-order valence-electron chi connectivity index (χ0n) is 19.4. The van der Waals surface area contributed by atoms with E-state index in [4.69, 9.17) is 4.74 Å². The third kappa shape index (κ3) is 4.95. The fourth-order valence-electron chi connectivity index (χ4n) is 4.99. The largest absolute Gasteiger partial charge is 0.496 e. The van der Waals surface area contributed by atoms with Gasteiger partial charge in [-0.25, -0.2) is 13.1 Å². The standard InChI is InChI=1S/C25H35N3O3S/c1-19-16-22(10-12-25(19)31-3)32(29,30)26-18-24(28-14-5-4-6-15-28)21-9-11-23-20(17-21)8-7-13-27(23)2/h9-12,16-17,24,26H,4-8,13-15,18H2,1-3H3/t24-/m1/s1. The molecule has 2 aliphatic rings. The molecule has 0 radical (unpaired) electrons. The summed E-state index contributed by atoms with van der Waals surface area (Å²) in [6, 6.07) is 11.7. The van der Waals surface area contributed by atoms with Gasteiger partial charge in [0, 0.05) is 31.9 Å². The van der Waals surface area contributed by atoms with Gasteiger partial charge in [-0.2, -0.15) is 0 Å². The number of piperidine rings is 1. The molecule has 1 saturated heterocycles. The van der Waals surface area contributed by atoms with Crippen molar-refractivity contribution in [3.63, 3.8) is 0 Å². The fourth-order valence-corrected chi connectivity index (χ4v) is 6.11. The average molecular weight is 458 g/mol. The van der Waals surface area contributed by atoms with E-state index >= 15 is 0 Å². The van der Waals surface area contributed by atoms with Crippen molar-refractivity contribution < 1.29 is 13.2 Å². The minimum absolute atomic E-state index is 0.0296. The van der Waals surface area contributed by atoms with Crippen LogP contribution in [0.15, 0.2) is 41.3 Å². The molecule has 0 amide bonds. The number of aryl methyl sites for hydroxylation is 2. The maximum Gasteiger partial charge on any atom is 0.240 e. The minimum Gasteiger partial charge on any atom is -0.496 e. The number of methoxy groups -OCH3 is 1. The first-order valence-electron chi connectivity index (χ1n) is 11.6. The first-order chi connectivity index (χ1) is 15.4. The van der Waals surface area contributed by atoms with Crippen LogP contribution in [0.3, 0.4) is 0 Å². The van der Waals surface area contributed by atoms with Gasteiger partial charge in [0.2, 0.25) is 10.0 Å². The van der Waals surface area contributed by atoms with Gasteiger partial charge in [0.05, 0.1) is 12.0 Å². The van der Waals surface area contributed by atoms with Crippen molar-refractivity contribution in [2.24, 2.45) is 0 Å². The van der Waals surface area contributed by atoms with E-state index in [0.717, 1.165) is 50.9 Å². The zero-order chi connectivity index (χ0) is 22.7. The summed E-state index contributed by atoms with van der Waals surface area (Å²) in [5, 5.41) is 0. The highest BCUT2D eigenvalue weighted by atomic mass is 32.2. The molecule has 2 aromatic carbocycles. The van der Waals surface area contributed by atoms with Gasteiger partial charge in [-0.3, -0.25) is 4.90 Å². The van der Waals surface area contributed by atoms with Gasteiger partial charge in [-0.05, 0) is 86.7 Å². The van der Waals surface area contributed by atoms with E-state index < -0.39 is 10.0 Å². The number of sulfonamides is 1. The number of likely N-dealkylation sites (tertiary alicyclic amines) is 1. The van der Waals surface area contributed by atoms with Crippen molar-refractivity contribution in [3.05, 3.63) is 53.1 Å². The lowest BCUT2D eigenvalue weighted by Crippen LogP contribution is -2.40. The second-order valence-corrected chi connectivity index (χ2v) is 10.8. The van der Waals surface area contributed by atoms with E-state index in [1.165, 1.54) is 23.2 Å². The smallest absolute Gasteiger partial charge is 0.240 e. The Kier molecular flexibility index (Phi) is 7.08. The third-order valence-electron chi connectivity index (χ3n) is 6.81. The molecule has 0 spiro atoms. The molecule has 7 heteroatoms. The summed E-state index contributed by atoms with van der Waals surface area (Å²) >= 11 is 0. The second kappa shape index (κ2) is 9.81. The van der Waals surface area contributed by atoms with E-state index in [1.54, 1.807) is 25.3 Å². The normalized spacial score (nSPS) is 18.3. The van der Waals surface area contributed by atoms with Crippen LogP contribution in [0.2, 0.25) is 0 Å². The number of anilines is 1. The molecule has 0 aliphatic carbocycles. The van der Waals surface area contributed by atoms with Crippen LogP contribution in [0.25, 0.3) is 0 Å². The van der Waals surface area contributed by atoms with E-state index in [-0.39, 0.29) is 10.9 Å². The lowest BCUT2D eigenvalue weighted by molar-refractivity contribution is 0.164. The number of nitrogens with one attached hydrogen (secondary N) is 1. The Hall–Kier alpha value is -2.09. The van der Waals surface area contributed by atoms with Crippen LogP contribution in [-0.4, -0.2) is 53.7 Å². The number of fused-ring (bicyclic) bond motifs is 1. The summed E-state index contributed by atoms with van der Waals surface area (Å²) in [4.78, 5) is 5.03. The van der Waals surface area contributed by atoms with Crippen LogP contribution in [0.5, 0.6) is 5.75 Å².